The number of aromatic nitrogens is 1. The molecule has 3 nitrogen and oxygen atoms in total. The maximum atomic E-state index is 12.5. The summed E-state index contributed by atoms with van der Waals surface area (Å²) in [4.78, 5) is 17.2. The van der Waals surface area contributed by atoms with Crippen molar-refractivity contribution in [1.82, 2.24) is 4.98 Å². The van der Waals surface area contributed by atoms with Crippen LogP contribution in [-0.2, 0) is 11.2 Å². The second-order valence-electron chi connectivity index (χ2n) is 6.00. The lowest BCUT2D eigenvalue weighted by Crippen LogP contribution is -2.17. The molecule has 3 aromatic rings. The number of nitrogens with one attached hydrogen (secondary N) is 1. The van der Waals surface area contributed by atoms with Gasteiger partial charge in [-0.25, -0.2) is 0 Å². The molecule has 1 amide bonds. The number of para-hydroxylation sites is 1. The van der Waals surface area contributed by atoms with Gasteiger partial charge in [0.05, 0.1) is 11.9 Å². The Morgan fingerprint density at radius 1 is 1.12 bits per heavy atom. The van der Waals surface area contributed by atoms with Crippen LogP contribution in [0.1, 0.15) is 22.4 Å². The molecule has 1 N–H and O–H groups in total. The molecule has 122 valence electrons. The number of carbonyl (C=O) groups is 1. The number of nitrogens with zero attached hydrogens (tertiary/aromatic N) is 1. The average Bonchev–Trinajstić information content (AvgIpc) is 2.55. The number of hydrogen-bond acceptors (Lipinski definition) is 2. The number of anilines is 1. The number of benzene rings is 2. The van der Waals surface area contributed by atoms with E-state index in [4.69, 9.17) is 0 Å². The summed E-state index contributed by atoms with van der Waals surface area (Å²) in [5, 5.41) is 4.11. The van der Waals surface area contributed by atoms with Crippen LogP contribution in [0.5, 0.6) is 0 Å². The normalized spacial score (nSPS) is 10.8. The van der Waals surface area contributed by atoms with E-state index in [1.54, 1.807) is 0 Å². The molecule has 0 radical (unpaired) electrons. The van der Waals surface area contributed by atoms with Gasteiger partial charge in [0.1, 0.15) is 0 Å². The molecule has 0 aliphatic heterocycles. The monoisotopic (exact) mass is 382 g/mol. The number of rotatable bonds is 3. The number of amides is 1. The van der Waals surface area contributed by atoms with Gasteiger partial charge in [-0.3, -0.25) is 9.78 Å². The summed E-state index contributed by atoms with van der Waals surface area (Å²) in [5.74, 6) is -0.0283. The van der Waals surface area contributed by atoms with Crippen LogP contribution in [0.25, 0.3) is 10.9 Å². The van der Waals surface area contributed by atoms with E-state index in [1.165, 1.54) is 0 Å². The first-order valence-corrected chi connectivity index (χ1v) is 8.66. The van der Waals surface area contributed by atoms with E-state index in [0.717, 1.165) is 43.4 Å². The highest BCUT2D eigenvalue weighted by molar-refractivity contribution is 9.10. The number of carbonyl (C=O) groups excluding carboxylic acids is 1. The molecule has 0 bridgehead atoms. The molecule has 3 rings (SSSR count). The first-order valence-electron chi connectivity index (χ1n) is 7.86. The lowest BCUT2D eigenvalue weighted by atomic mass is 9.99. The molecule has 0 spiro atoms. The van der Waals surface area contributed by atoms with Crippen molar-refractivity contribution in [2.75, 3.05) is 5.32 Å². The first kappa shape index (κ1) is 16.7. The predicted octanol–water partition coefficient (Wildman–Crippen LogP) is 5.10. The maximum Gasteiger partial charge on any atom is 0.228 e. The van der Waals surface area contributed by atoms with Gasteiger partial charge in [-0.05, 0) is 55.7 Å². The van der Waals surface area contributed by atoms with E-state index in [2.05, 4.69) is 39.2 Å². The van der Waals surface area contributed by atoms with Gasteiger partial charge in [-0.1, -0.05) is 40.2 Å². The third kappa shape index (κ3) is 3.34. The van der Waals surface area contributed by atoms with Gasteiger partial charge in [0.15, 0.2) is 0 Å². The van der Waals surface area contributed by atoms with Crippen LogP contribution >= 0.6 is 15.9 Å². The van der Waals surface area contributed by atoms with E-state index in [-0.39, 0.29) is 5.91 Å². The Bertz CT molecular complexity index is 934. The van der Waals surface area contributed by atoms with Gasteiger partial charge >= 0.3 is 0 Å². The van der Waals surface area contributed by atoms with Gasteiger partial charge in [0, 0.05) is 21.2 Å². The molecule has 1 heterocycles. The third-order valence-electron chi connectivity index (χ3n) is 4.30. The number of aryl methyl sites for hydroxylation is 3. The molecule has 0 unspecified atom stereocenters. The highest BCUT2D eigenvalue weighted by Gasteiger charge is 2.13. The third-order valence-corrected chi connectivity index (χ3v) is 4.79. The zero-order chi connectivity index (χ0) is 17.3. The Balaban J connectivity index is 1.89. The number of fused-ring (bicyclic) bond motifs is 1. The molecule has 0 saturated carbocycles. The summed E-state index contributed by atoms with van der Waals surface area (Å²) in [6.07, 6.45) is 0.321. The Kier molecular flexibility index (Phi) is 4.67. The largest absolute Gasteiger partial charge is 0.326 e. The molecule has 1 aromatic heterocycles. The number of halogens is 1. The molecule has 0 aliphatic rings. The molecule has 0 fully saturated rings. The van der Waals surface area contributed by atoms with Crippen LogP contribution in [0.3, 0.4) is 0 Å². The Morgan fingerprint density at radius 3 is 2.67 bits per heavy atom. The molecule has 0 aliphatic carbocycles. The fraction of sp³-hybridized carbons (Fsp3) is 0.200. The first-order chi connectivity index (χ1) is 11.5. The van der Waals surface area contributed by atoms with Crippen LogP contribution in [0, 0.1) is 20.8 Å². The van der Waals surface area contributed by atoms with Gasteiger partial charge in [-0.15, -0.1) is 0 Å². The molecule has 4 heteroatoms. The number of hydrogen-bond donors (Lipinski definition) is 1. The standard InChI is InChI=1S/C20H19BrN2O/c1-12-8-9-15(21)10-19(12)23-20(24)11-17-13(2)16-6-4-5-7-18(16)22-14(17)3/h4-10H,11H2,1-3H3,(H,23,24). The molecule has 0 saturated heterocycles. The summed E-state index contributed by atoms with van der Waals surface area (Å²) in [5.41, 5.74) is 5.87. The quantitative estimate of drug-likeness (QED) is 0.684. The highest BCUT2D eigenvalue weighted by Crippen LogP contribution is 2.24. The van der Waals surface area contributed by atoms with Crippen molar-refractivity contribution in [3.63, 3.8) is 0 Å². The summed E-state index contributed by atoms with van der Waals surface area (Å²) in [6, 6.07) is 13.9. The van der Waals surface area contributed by atoms with E-state index in [0.29, 0.717) is 6.42 Å². The molecular weight excluding hydrogens is 364 g/mol. The van der Waals surface area contributed by atoms with Crippen LogP contribution < -0.4 is 5.32 Å². The van der Waals surface area contributed by atoms with E-state index < -0.39 is 0 Å². The minimum atomic E-state index is -0.0283. The fourth-order valence-corrected chi connectivity index (χ4v) is 3.28. The summed E-state index contributed by atoms with van der Waals surface area (Å²) in [7, 11) is 0. The highest BCUT2D eigenvalue weighted by atomic mass is 79.9. The van der Waals surface area contributed by atoms with Crippen molar-refractivity contribution >= 4 is 38.4 Å². The summed E-state index contributed by atoms with van der Waals surface area (Å²) < 4.78 is 0.947. The summed E-state index contributed by atoms with van der Waals surface area (Å²) in [6.45, 7) is 6.01. The van der Waals surface area contributed by atoms with Crippen molar-refractivity contribution in [3.05, 3.63) is 69.3 Å². The zero-order valence-electron chi connectivity index (χ0n) is 14.0. The second kappa shape index (κ2) is 6.73. The Morgan fingerprint density at radius 2 is 1.88 bits per heavy atom. The lowest BCUT2D eigenvalue weighted by Gasteiger charge is -2.13. The van der Waals surface area contributed by atoms with Crippen molar-refractivity contribution in [1.29, 1.82) is 0 Å². The van der Waals surface area contributed by atoms with E-state index in [1.807, 2.05) is 50.2 Å². The van der Waals surface area contributed by atoms with Crippen LogP contribution in [0.4, 0.5) is 5.69 Å². The van der Waals surface area contributed by atoms with Gasteiger partial charge in [-0.2, -0.15) is 0 Å². The molecule has 24 heavy (non-hydrogen) atoms. The Labute approximate surface area is 150 Å². The molecule has 2 aromatic carbocycles. The van der Waals surface area contributed by atoms with E-state index >= 15 is 0 Å². The van der Waals surface area contributed by atoms with Crippen molar-refractivity contribution < 1.29 is 4.79 Å². The summed E-state index contributed by atoms with van der Waals surface area (Å²) >= 11 is 3.44. The topological polar surface area (TPSA) is 42.0 Å². The van der Waals surface area contributed by atoms with E-state index in [9.17, 15) is 4.79 Å². The van der Waals surface area contributed by atoms with Gasteiger partial charge < -0.3 is 5.32 Å². The minimum absolute atomic E-state index is 0.0283. The van der Waals surface area contributed by atoms with Crippen molar-refractivity contribution in [2.24, 2.45) is 0 Å². The maximum absolute atomic E-state index is 12.5. The average molecular weight is 383 g/mol. The van der Waals surface area contributed by atoms with Crippen LogP contribution in [0.2, 0.25) is 0 Å². The second-order valence-corrected chi connectivity index (χ2v) is 6.92. The number of pyridine rings is 1. The predicted molar refractivity (Wildman–Crippen MR) is 102 cm³/mol. The minimum Gasteiger partial charge on any atom is -0.326 e. The lowest BCUT2D eigenvalue weighted by molar-refractivity contribution is -0.115. The van der Waals surface area contributed by atoms with Crippen LogP contribution in [0.15, 0.2) is 46.9 Å². The smallest absolute Gasteiger partial charge is 0.228 e. The Hall–Kier alpha value is -2.20. The van der Waals surface area contributed by atoms with Gasteiger partial charge in [0.25, 0.3) is 0 Å². The van der Waals surface area contributed by atoms with Crippen molar-refractivity contribution in [2.45, 2.75) is 27.2 Å². The van der Waals surface area contributed by atoms with Gasteiger partial charge in [0.2, 0.25) is 5.91 Å². The SMILES string of the molecule is Cc1ccc(Br)cc1NC(=O)Cc1c(C)nc2ccccc2c1C. The fourth-order valence-electron chi connectivity index (χ4n) is 2.91. The van der Waals surface area contributed by atoms with Crippen LogP contribution in [-0.4, -0.2) is 10.9 Å². The molecule has 0 atom stereocenters. The zero-order valence-corrected chi connectivity index (χ0v) is 15.6. The molecular formula is C20H19BrN2O. The van der Waals surface area contributed by atoms with Crippen molar-refractivity contribution in [3.8, 4) is 0 Å².